The van der Waals surface area contributed by atoms with Gasteiger partial charge in [-0.25, -0.2) is 8.78 Å². The van der Waals surface area contributed by atoms with Gasteiger partial charge in [-0.2, -0.15) is 4.98 Å². The molecule has 12 heteroatoms. The Bertz CT molecular complexity index is 1380. The molecule has 0 bridgehead atoms. The quantitative estimate of drug-likeness (QED) is 0.363. The van der Waals surface area contributed by atoms with E-state index in [1.54, 1.807) is 19.9 Å². The van der Waals surface area contributed by atoms with Crippen molar-refractivity contribution in [1.82, 2.24) is 14.9 Å². The number of carbonyl (C=O) groups is 2. The molecular weight excluding hydrogens is 544 g/mol. The summed E-state index contributed by atoms with van der Waals surface area (Å²) in [7, 11) is 0. The number of aliphatic hydroxyl groups excluding tert-OH is 1. The fraction of sp³-hybridized carbons (Fsp3) is 0.250. The van der Waals surface area contributed by atoms with E-state index in [0.717, 1.165) is 12.1 Å². The molecule has 0 radical (unpaired) electrons. The van der Waals surface area contributed by atoms with Gasteiger partial charge in [-0.05, 0) is 59.6 Å². The molecule has 1 aromatic heterocycles. The average molecular weight is 566 g/mol. The maximum atomic E-state index is 13.9. The highest BCUT2D eigenvalue weighted by Crippen LogP contribution is 2.24. The van der Waals surface area contributed by atoms with E-state index in [9.17, 15) is 28.3 Å². The lowest BCUT2D eigenvalue weighted by Gasteiger charge is -2.16. The molecule has 1 unspecified atom stereocenters. The van der Waals surface area contributed by atoms with Crippen molar-refractivity contribution in [2.45, 2.75) is 33.0 Å². The first-order chi connectivity index (χ1) is 17.0. The third kappa shape index (κ3) is 6.32. The zero-order valence-electron chi connectivity index (χ0n) is 19.2. The first-order valence-corrected chi connectivity index (χ1v) is 11.4. The number of hydrogen-bond donors (Lipinski definition) is 3. The van der Waals surface area contributed by atoms with Gasteiger partial charge in [0.15, 0.2) is 0 Å². The lowest BCUT2D eigenvalue weighted by molar-refractivity contribution is -0.139. The third-order valence-electron chi connectivity index (χ3n) is 5.17. The summed E-state index contributed by atoms with van der Waals surface area (Å²) in [5.74, 6) is -3.15. The Morgan fingerprint density at radius 1 is 1.19 bits per heavy atom. The van der Waals surface area contributed by atoms with E-state index in [1.165, 1.54) is 22.8 Å². The van der Waals surface area contributed by atoms with E-state index in [4.69, 9.17) is 9.84 Å². The number of carboxylic acid groups (broad SMARTS) is 1. The summed E-state index contributed by atoms with van der Waals surface area (Å²) in [6.07, 6.45) is -1.77. The molecule has 190 valence electrons. The normalized spacial score (nSPS) is 11.7. The number of nitrogens with zero attached hydrogens (tertiary/aromatic N) is 2. The van der Waals surface area contributed by atoms with Crippen molar-refractivity contribution in [3.05, 3.63) is 85.4 Å². The van der Waals surface area contributed by atoms with Crippen molar-refractivity contribution in [3.63, 3.8) is 0 Å². The molecule has 0 aliphatic carbocycles. The van der Waals surface area contributed by atoms with Crippen LogP contribution >= 0.6 is 15.9 Å². The van der Waals surface area contributed by atoms with Gasteiger partial charge in [0.25, 0.3) is 11.5 Å². The number of aromatic nitrogens is 2. The van der Waals surface area contributed by atoms with Crippen molar-refractivity contribution in [1.29, 1.82) is 0 Å². The van der Waals surface area contributed by atoms with Crippen LogP contribution in [0, 0.1) is 25.5 Å². The smallest absolute Gasteiger partial charge is 0.306 e. The first-order valence-electron chi connectivity index (χ1n) is 10.6. The number of benzene rings is 2. The fourth-order valence-electron chi connectivity index (χ4n) is 3.32. The molecule has 3 rings (SSSR count). The van der Waals surface area contributed by atoms with Crippen LogP contribution in [-0.4, -0.2) is 44.3 Å². The molecular formula is C24H22BrF2N3O6. The molecule has 1 heterocycles. The van der Waals surface area contributed by atoms with Crippen LogP contribution in [0.2, 0.25) is 0 Å². The van der Waals surface area contributed by atoms with Gasteiger partial charge < -0.3 is 20.3 Å². The van der Waals surface area contributed by atoms with Crippen LogP contribution in [-0.2, 0) is 11.4 Å². The van der Waals surface area contributed by atoms with Crippen LogP contribution < -0.4 is 15.6 Å². The molecule has 3 N–H and O–H groups in total. The van der Waals surface area contributed by atoms with Crippen LogP contribution in [0.4, 0.5) is 8.78 Å². The largest absolute Gasteiger partial charge is 0.481 e. The van der Waals surface area contributed by atoms with Crippen molar-refractivity contribution >= 4 is 27.8 Å². The van der Waals surface area contributed by atoms with Gasteiger partial charge >= 0.3 is 5.97 Å². The number of aryl methyl sites for hydroxylation is 2. The van der Waals surface area contributed by atoms with Gasteiger partial charge in [0.2, 0.25) is 5.88 Å². The third-order valence-corrected chi connectivity index (χ3v) is 5.84. The lowest BCUT2D eigenvalue weighted by atomic mass is 10.1. The minimum Gasteiger partial charge on any atom is -0.481 e. The number of amides is 1. The number of hydrogen-bond acceptors (Lipinski definition) is 6. The highest BCUT2D eigenvalue weighted by atomic mass is 79.9. The first kappa shape index (κ1) is 27.0. The van der Waals surface area contributed by atoms with Crippen molar-refractivity contribution in [2.75, 3.05) is 6.54 Å². The predicted molar refractivity (Wildman–Crippen MR) is 128 cm³/mol. The standard InChI is InChI=1S/C24H22BrF2N3O6/c1-12-3-4-14(22(34)28-10-17(31)9-20(32)33)7-19(12)30-13(2)29-23(21(25)24(30)35)36-11-15-5-6-16(26)8-18(15)27/h3-8,17,31H,9-11H2,1-2H3,(H,28,34)(H,32,33). The molecule has 0 spiro atoms. The van der Waals surface area contributed by atoms with Gasteiger partial charge in [-0.3, -0.25) is 19.0 Å². The molecule has 9 nitrogen and oxygen atoms in total. The predicted octanol–water partition coefficient (Wildman–Crippen LogP) is 3.03. The summed E-state index contributed by atoms with van der Waals surface area (Å²) in [5.41, 5.74) is 0.719. The molecule has 36 heavy (non-hydrogen) atoms. The Morgan fingerprint density at radius 3 is 2.58 bits per heavy atom. The Labute approximate surface area is 212 Å². The summed E-state index contributed by atoms with van der Waals surface area (Å²) in [6.45, 7) is 2.73. The van der Waals surface area contributed by atoms with E-state index < -0.39 is 41.6 Å². The zero-order chi connectivity index (χ0) is 26.6. The van der Waals surface area contributed by atoms with Gasteiger partial charge in [-0.15, -0.1) is 0 Å². The molecule has 0 aliphatic rings. The monoisotopic (exact) mass is 565 g/mol. The molecule has 0 saturated heterocycles. The summed E-state index contributed by atoms with van der Waals surface area (Å²) in [4.78, 5) is 40.6. The minimum absolute atomic E-state index is 0.0401. The second-order valence-corrected chi connectivity index (χ2v) is 8.70. The molecule has 2 aromatic carbocycles. The van der Waals surface area contributed by atoms with E-state index in [-0.39, 0.29) is 40.5 Å². The second-order valence-electron chi connectivity index (χ2n) is 7.91. The zero-order valence-corrected chi connectivity index (χ0v) is 20.8. The van der Waals surface area contributed by atoms with Crippen LogP contribution in [0.1, 0.15) is 33.7 Å². The molecule has 0 fully saturated rings. The molecule has 0 saturated carbocycles. The highest BCUT2D eigenvalue weighted by Gasteiger charge is 2.19. The van der Waals surface area contributed by atoms with Crippen LogP contribution in [0.15, 0.2) is 45.7 Å². The summed E-state index contributed by atoms with van der Waals surface area (Å²) in [5, 5.41) is 20.8. The number of rotatable bonds is 9. The van der Waals surface area contributed by atoms with E-state index in [1.807, 2.05) is 0 Å². The maximum absolute atomic E-state index is 13.9. The minimum atomic E-state index is -1.25. The SMILES string of the molecule is Cc1ccc(C(=O)NCC(O)CC(=O)O)cc1-n1c(C)nc(OCc2ccc(F)cc2F)c(Br)c1=O. The molecule has 1 amide bonds. The highest BCUT2D eigenvalue weighted by molar-refractivity contribution is 9.10. The Balaban J connectivity index is 1.87. The van der Waals surface area contributed by atoms with Gasteiger partial charge in [-0.1, -0.05) is 6.07 Å². The number of halogens is 3. The van der Waals surface area contributed by atoms with Crippen molar-refractivity contribution < 1.29 is 33.3 Å². The van der Waals surface area contributed by atoms with Crippen LogP contribution in [0.3, 0.4) is 0 Å². The molecule has 1 atom stereocenters. The van der Waals surface area contributed by atoms with Gasteiger partial charge in [0, 0.05) is 23.7 Å². The lowest BCUT2D eigenvalue weighted by Crippen LogP contribution is -2.33. The Morgan fingerprint density at radius 2 is 1.92 bits per heavy atom. The summed E-state index contributed by atoms with van der Waals surface area (Å²) >= 11 is 3.17. The number of aliphatic hydroxyl groups is 1. The average Bonchev–Trinajstić information content (AvgIpc) is 2.80. The summed E-state index contributed by atoms with van der Waals surface area (Å²) in [6, 6.07) is 7.66. The van der Waals surface area contributed by atoms with Gasteiger partial charge in [0.1, 0.15) is 28.5 Å². The van der Waals surface area contributed by atoms with E-state index in [0.29, 0.717) is 11.3 Å². The van der Waals surface area contributed by atoms with Crippen LogP contribution in [0.25, 0.3) is 5.69 Å². The van der Waals surface area contributed by atoms with Gasteiger partial charge in [0.05, 0.1) is 18.2 Å². The molecule has 0 aliphatic heterocycles. The number of nitrogens with one attached hydrogen (secondary N) is 1. The summed E-state index contributed by atoms with van der Waals surface area (Å²) < 4.78 is 33.8. The number of carbonyl (C=O) groups excluding carboxylic acids is 1. The number of carboxylic acids is 1. The Hall–Kier alpha value is -3.64. The topological polar surface area (TPSA) is 131 Å². The number of ether oxygens (including phenoxy) is 1. The second kappa shape index (κ2) is 11.4. The molecule has 3 aromatic rings. The Kier molecular flexibility index (Phi) is 8.53. The van der Waals surface area contributed by atoms with Crippen molar-refractivity contribution in [3.8, 4) is 11.6 Å². The number of aliphatic carboxylic acids is 1. The van der Waals surface area contributed by atoms with Crippen LogP contribution in [0.5, 0.6) is 5.88 Å². The van der Waals surface area contributed by atoms with E-state index >= 15 is 0 Å². The fourth-order valence-corrected chi connectivity index (χ4v) is 3.71. The van der Waals surface area contributed by atoms with Crippen molar-refractivity contribution in [2.24, 2.45) is 0 Å². The maximum Gasteiger partial charge on any atom is 0.306 e. The van der Waals surface area contributed by atoms with E-state index in [2.05, 4.69) is 26.2 Å².